The van der Waals surface area contributed by atoms with E-state index in [-0.39, 0.29) is 6.61 Å². The van der Waals surface area contributed by atoms with Gasteiger partial charge in [-0.25, -0.2) is 4.39 Å². The van der Waals surface area contributed by atoms with Crippen LogP contribution in [0.25, 0.3) is 0 Å². The van der Waals surface area contributed by atoms with Gasteiger partial charge in [0.05, 0.1) is 6.61 Å². The Morgan fingerprint density at radius 2 is 1.92 bits per heavy atom. The van der Waals surface area contributed by atoms with Gasteiger partial charge in [0.1, 0.15) is 5.67 Å². The van der Waals surface area contributed by atoms with E-state index in [4.69, 9.17) is 5.11 Å². The normalized spacial score (nSPS) is 23.8. The monoisotopic (exact) mass is 189 g/mol. The third kappa shape index (κ3) is 3.24. The van der Waals surface area contributed by atoms with Gasteiger partial charge in [0.15, 0.2) is 0 Å². The van der Waals surface area contributed by atoms with Crippen LogP contribution in [-0.4, -0.2) is 41.9 Å². The van der Waals surface area contributed by atoms with Crippen molar-refractivity contribution in [2.45, 2.75) is 32.4 Å². The maximum absolute atomic E-state index is 13.5. The highest BCUT2D eigenvalue weighted by Gasteiger charge is 2.33. The number of halogens is 1. The van der Waals surface area contributed by atoms with Gasteiger partial charge in [-0.05, 0) is 18.8 Å². The Hall–Kier alpha value is -0.150. The Labute approximate surface area is 79.7 Å². The molecule has 1 aliphatic rings. The molecule has 0 aliphatic carbocycles. The molecule has 3 heteroatoms. The minimum absolute atomic E-state index is 0.317. The highest BCUT2D eigenvalue weighted by atomic mass is 19.1. The number of hydrogen-bond acceptors (Lipinski definition) is 2. The fourth-order valence-corrected chi connectivity index (χ4v) is 1.81. The van der Waals surface area contributed by atoms with Crippen molar-refractivity contribution in [2.75, 3.05) is 26.2 Å². The van der Waals surface area contributed by atoms with Crippen molar-refractivity contribution < 1.29 is 9.50 Å². The lowest BCUT2D eigenvalue weighted by Crippen LogP contribution is -2.44. The maximum atomic E-state index is 13.5. The van der Waals surface area contributed by atoms with Gasteiger partial charge in [-0.15, -0.1) is 0 Å². The summed E-state index contributed by atoms with van der Waals surface area (Å²) in [6, 6.07) is 0. The quantitative estimate of drug-likeness (QED) is 0.726. The molecule has 0 atom stereocenters. The molecule has 0 aromatic carbocycles. The van der Waals surface area contributed by atoms with Crippen LogP contribution in [0.2, 0.25) is 0 Å². The molecule has 78 valence electrons. The van der Waals surface area contributed by atoms with Crippen LogP contribution in [0.1, 0.15) is 26.7 Å². The number of likely N-dealkylation sites (tertiary alicyclic amines) is 1. The first-order valence-corrected chi connectivity index (χ1v) is 5.08. The Bertz CT molecular complexity index is 153. The molecule has 0 aromatic rings. The highest BCUT2D eigenvalue weighted by molar-refractivity contribution is 4.85. The van der Waals surface area contributed by atoms with Gasteiger partial charge in [-0.3, -0.25) is 0 Å². The molecule has 1 aliphatic heterocycles. The first kappa shape index (κ1) is 10.9. The molecule has 0 aromatic heterocycles. The summed E-state index contributed by atoms with van der Waals surface area (Å²) < 4.78 is 13.5. The van der Waals surface area contributed by atoms with E-state index < -0.39 is 5.67 Å². The Morgan fingerprint density at radius 3 is 2.31 bits per heavy atom. The van der Waals surface area contributed by atoms with Crippen LogP contribution in [0.3, 0.4) is 0 Å². The Morgan fingerprint density at radius 1 is 1.38 bits per heavy atom. The fraction of sp³-hybridized carbons (Fsp3) is 1.00. The molecule has 0 unspecified atom stereocenters. The maximum Gasteiger partial charge on any atom is 0.136 e. The van der Waals surface area contributed by atoms with Crippen molar-refractivity contribution in [3.8, 4) is 0 Å². The predicted octanol–water partition coefficient (Wildman–Crippen LogP) is 1.44. The zero-order valence-corrected chi connectivity index (χ0v) is 8.59. The topological polar surface area (TPSA) is 23.5 Å². The van der Waals surface area contributed by atoms with Gasteiger partial charge < -0.3 is 10.0 Å². The SMILES string of the molecule is CC(C)CN1CCC(F)(CO)CC1. The zero-order valence-electron chi connectivity index (χ0n) is 8.59. The summed E-state index contributed by atoms with van der Waals surface area (Å²) in [5, 5.41) is 8.82. The molecular weight excluding hydrogens is 169 g/mol. The largest absolute Gasteiger partial charge is 0.393 e. The molecule has 0 saturated carbocycles. The van der Waals surface area contributed by atoms with Crippen molar-refractivity contribution in [2.24, 2.45) is 5.92 Å². The number of aliphatic hydroxyl groups excluding tert-OH is 1. The second-order valence-corrected chi connectivity index (χ2v) is 4.50. The van der Waals surface area contributed by atoms with Gasteiger partial charge in [0.2, 0.25) is 0 Å². The molecule has 13 heavy (non-hydrogen) atoms. The van der Waals surface area contributed by atoms with Crippen LogP contribution >= 0.6 is 0 Å². The van der Waals surface area contributed by atoms with Crippen molar-refractivity contribution in [3.63, 3.8) is 0 Å². The van der Waals surface area contributed by atoms with Crippen molar-refractivity contribution >= 4 is 0 Å². The van der Waals surface area contributed by atoms with Crippen LogP contribution in [0, 0.1) is 5.92 Å². The second kappa shape index (κ2) is 4.38. The smallest absolute Gasteiger partial charge is 0.136 e. The molecule has 1 heterocycles. The van der Waals surface area contributed by atoms with E-state index in [1.54, 1.807) is 0 Å². The highest BCUT2D eigenvalue weighted by Crippen LogP contribution is 2.25. The molecule has 0 bridgehead atoms. The molecule has 0 amide bonds. The van der Waals surface area contributed by atoms with Gasteiger partial charge in [-0.1, -0.05) is 13.8 Å². The zero-order chi connectivity index (χ0) is 9.90. The number of hydrogen-bond donors (Lipinski definition) is 1. The molecule has 2 nitrogen and oxygen atoms in total. The van der Waals surface area contributed by atoms with E-state index in [0.29, 0.717) is 18.8 Å². The predicted molar refractivity (Wildman–Crippen MR) is 51.4 cm³/mol. The molecule has 1 rings (SSSR count). The van der Waals surface area contributed by atoms with E-state index in [1.165, 1.54) is 0 Å². The molecular formula is C10H20FNO. The van der Waals surface area contributed by atoms with E-state index in [9.17, 15) is 4.39 Å². The molecule has 0 radical (unpaired) electrons. The fourth-order valence-electron chi connectivity index (χ4n) is 1.81. The van der Waals surface area contributed by atoms with E-state index in [2.05, 4.69) is 18.7 Å². The van der Waals surface area contributed by atoms with Gasteiger partial charge in [0.25, 0.3) is 0 Å². The van der Waals surface area contributed by atoms with Crippen molar-refractivity contribution in [1.29, 1.82) is 0 Å². The summed E-state index contributed by atoms with van der Waals surface area (Å²) in [5.41, 5.74) is -1.30. The molecule has 1 N–H and O–H groups in total. The van der Waals surface area contributed by atoms with E-state index >= 15 is 0 Å². The van der Waals surface area contributed by atoms with Crippen LogP contribution in [0.5, 0.6) is 0 Å². The van der Waals surface area contributed by atoms with Gasteiger partial charge >= 0.3 is 0 Å². The lowest BCUT2D eigenvalue weighted by molar-refractivity contribution is 0.00623. The minimum atomic E-state index is -1.30. The molecule has 0 spiro atoms. The van der Waals surface area contributed by atoms with Crippen LogP contribution in [-0.2, 0) is 0 Å². The number of alkyl halides is 1. The van der Waals surface area contributed by atoms with Gasteiger partial charge in [0, 0.05) is 19.6 Å². The summed E-state index contributed by atoms with van der Waals surface area (Å²) in [5.74, 6) is 0.640. The Kier molecular flexibility index (Phi) is 3.68. The summed E-state index contributed by atoms with van der Waals surface area (Å²) in [4.78, 5) is 2.28. The standard InChI is InChI=1S/C10H20FNO/c1-9(2)7-12-5-3-10(11,8-13)4-6-12/h9,13H,3-8H2,1-2H3. The average Bonchev–Trinajstić information content (AvgIpc) is 2.09. The number of nitrogens with zero attached hydrogens (tertiary/aromatic N) is 1. The van der Waals surface area contributed by atoms with Crippen molar-refractivity contribution in [3.05, 3.63) is 0 Å². The first-order chi connectivity index (χ1) is 6.06. The van der Waals surface area contributed by atoms with Crippen LogP contribution in [0.4, 0.5) is 4.39 Å². The molecule has 1 fully saturated rings. The number of piperidine rings is 1. The second-order valence-electron chi connectivity index (χ2n) is 4.50. The number of aliphatic hydroxyl groups is 1. The van der Waals surface area contributed by atoms with Crippen molar-refractivity contribution in [1.82, 2.24) is 4.90 Å². The van der Waals surface area contributed by atoms with Crippen LogP contribution < -0.4 is 0 Å². The lowest BCUT2D eigenvalue weighted by Gasteiger charge is -2.35. The number of rotatable bonds is 3. The summed E-state index contributed by atoms with van der Waals surface area (Å²) >= 11 is 0. The minimum Gasteiger partial charge on any atom is -0.393 e. The first-order valence-electron chi connectivity index (χ1n) is 5.08. The summed E-state index contributed by atoms with van der Waals surface area (Å²) in [6.45, 7) is 6.64. The summed E-state index contributed by atoms with van der Waals surface area (Å²) in [7, 11) is 0. The third-order valence-corrected chi connectivity index (χ3v) is 2.66. The van der Waals surface area contributed by atoms with E-state index in [1.807, 2.05) is 0 Å². The lowest BCUT2D eigenvalue weighted by atomic mass is 9.94. The summed E-state index contributed by atoms with van der Waals surface area (Å²) in [6.07, 6.45) is 0.965. The average molecular weight is 189 g/mol. The van der Waals surface area contributed by atoms with Crippen LogP contribution in [0.15, 0.2) is 0 Å². The van der Waals surface area contributed by atoms with Gasteiger partial charge in [-0.2, -0.15) is 0 Å². The Balaban J connectivity index is 2.30. The van der Waals surface area contributed by atoms with E-state index in [0.717, 1.165) is 19.6 Å². The third-order valence-electron chi connectivity index (χ3n) is 2.66. The molecule has 1 saturated heterocycles.